The van der Waals surface area contributed by atoms with E-state index in [1.807, 2.05) is 12.1 Å². The molecule has 104 valence electrons. The first-order valence-electron chi connectivity index (χ1n) is 7.00. The molecule has 2 rings (SSSR count). The van der Waals surface area contributed by atoms with Crippen LogP contribution in [-0.4, -0.2) is 30.9 Å². The molecule has 2 atom stereocenters. The second kappa shape index (κ2) is 6.20. The zero-order valence-electron chi connectivity index (χ0n) is 12.1. The highest BCUT2D eigenvalue weighted by atomic mass is 16.5. The lowest BCUT2D eigenvalue weighted by molar-refractivity contribution is 0.112. The van der Waals surface area contributed by atoms with Gasteiger partial charge in [-0.25, -0.2) is 0 Å². The zero-order chi connectivity index (χ0) is 13.8. The van der Waals surface area contributed by atoms with Gasteiger partial charge < -0.3 is 4.74 Å². The summed E-state index contributed by atoms with van der Waals surface area (Å²) in [5, 5.41) is 0. The fraction of sp³-hybridized carbons (Fsp3) is 0.562. The van der Waals surface area contributed by atoms with E-state index in [0.29, 0.717) is 11.6 Å². The number of benzene rings is 1. The topological polar surface area (TPSA) is 29.5 Å². The number of hydrogen-bond donors (Lipinski definition) is 0. The molecule has 0 saturated carbocycles. The van der Waals surface area contributed by atoms with Crippen LogP contribution in [0.4, 0.5) is 0 Å². The van der Waals surface area contributed by atoms with E-state index < -0.39 is 0 Å². The van der Waals surface area contributed by atoms with Gasteiger partial charge in [-0.05, 0) is 50.4 Å². The summed E-state index contributed by atoms with van der Waals surface area (Å²) < 4.78 is 5.40. The van der Waals surface area contributed by atoms with Gasteiger partial charge in [0.15, 0.2) is 0 Å². The van der Waals surface area contributed by atoms with Gasteiger partial charge in [-0.1, -0.05) is 6.92 Å². The predicted molar refractivity (Wildman–Crippen MR) is 76.7 cm³/mol. The number of hydrogen-bond acceptors (Lipinski definition) is 3. The molecule has 1 saturated heterocycles. The molecule has 1 aromatic carbocycles. The highest BCUT2D eigenvalue weighted by Crippen LogP contribution is 2.27. The van der Waals surface area contributed by atoms with Crippen LogP contribution in [0.15, 0.2) is 18.2 Å². The number of rotatable bonds is 4. The third-order valence-corrected chi connectivity index (χ3v) is 4.09. The SMILES string of the molecule is COc1ccc(C=O)cc1CN1CCC(C)CC1C. The minimum absolute atomic E-state index is 0.591. The smallest absolute Gasteiger partial charge is 0.150 e. The molecule has 3 nitrogen and oxygen atoms in total. The maximum atomic E-state index is 10.9. The molecule has 0 aromatic heterocycles. The van der Waals surface area contributed by atoms with Crippen molar-refractivity contribution in [3.05, 3.63) is 29.3 Å². The van der Waals surface area contributed by atoms with Crippen molar-refractivity contribution in [2.75, 3.05) is 13.7 Å². The lowest BCUT2D eigenvalue weighted by Gasteiger charge is -2.36. The van der Waals surface area contributed by atoms with Gasteiger partial charge in [0.2, 0.25) is 0 Å². The summed E-state index contributed by atoms with van der Waals surface area (Å²) in [5.74, 6) is 1.69. The Kier molecular flexibility index (Phi) is 4.59. The van der Waals surface area contributed by atoms with E-state index in [9.17, 15) is 4.79 Å². The Bertz CT molecular complexity index is 444. The molecule has 0 amide bonds. The summed E-state index contributed by atoms with van der Waals surface area (Å²) in [6.07, 6.45) is 3.39. The van der Waals surface area contributed by atoms with Gasteiger partial charge in [-0.3, -0.25) is 9.69 Å². The normalized spacial score (nSPS) is 24.2. The van der Waals surface area contributed by atoms with Gasteiger partial charge in [0.25, 0.3) is 0 Å². The molecule has 1 fully saturated rings. The summed E-state index contributed by atoms with van der Waals surface area (Å²) in [4.78, 5) is 13.4. The molecule has 2 unspecified atom stereocenters. The van der Waals surface area contributed by atoms with E-state index in [1.54, 1.807) is 13.2 Å². The van der Waals surface area contributed by atoms with Gasteiger partial charge in [0.05, 0.1) is 7.11 Å². The Morgan fingerprint density at radius 3 is 2.84 bits per heavy atom. The number of carbonyl (C=O) groups is 1. The molecule has 3 heteroatoms. The summed E-state index contributed by atoms with van der Waals surface area (Å²) >= 11 is 0. The second-order valence-corrected chi connectivity index (χ2v) is 5.64. The summed E-state index contributed by atoms with van der Waals surface area (Å²) in [7, 11) is 1.68. The average molecular weight is 261 g/mol. The van der Waals surface area contributed by atoms with Crippen LogP contribution in [0.5, 0.6) is 5.75 Å². The van der Waals surface area contributed by atoms with Crippen molar-refractivity contribution in [2.24, 2.45) is 5.92 Å². The molecular formula is C16H23NO2. The number of aldehydes is 1. The van der Waals surface area contributed by atoms with Crippen molar-refractivity contribution in [1.29, 1.82) is 0 Å². The zero-order valence-corrected chi connectivity index (χ0v) is 12.1. The number of piperidine rings is 1. The quantitative estimate of drug-likeness (QED) is 0.780. The van der Waals surface area contributed by atoms with Crippen molar-refractivity contribution in [2.45, 2.75) is 39.3 Å². The van der Waals surface area contributed by atoms with E-state index in [4.69, 9.17) is 4.74 Å². The predicted octanol–water partition coefficient (Wildman–Crippen LogP) is 3.13. The summed E-state index contributed by atoms with van der Waals surface area (Å²) in [5.41, 5.74) is 1.82. The van der Waals surface area contributed by atoms with Crippen molar-refractivity contribution < 1.29 is 9.53 Å². The fourth-order valence-electron chi connectivity index (χ4n) is 2.90. The van der Waals surface area contributed by atoms with Gasteiger partial charge in [0.1, 0.15) is 12.0 Å². The molecule has 0 spiro atoms. The Morgan fingerprint density at radius 2 is 2.21 bits per heavy atom. The van der Waals surface area contributed by atoms with Crippen LogP contribution in [0.2, 0.25) is 0 Å². The molecule has 1 aromatic rings. The first-order valence-corrected chi connectivity index (χ1v) is 7.00. The van der Waals surface area contributed by atoms with Crippen LogP contribution in [0.1, 0.15) is 42.6 Å². The third kappa shape index (κ3) is 3.35. The molecule has 1 aliphatic rings. The third-order valence-electron chi connectivity index (χ3n) is 4.09. The van der Waals surface area contributed by atoms with Crippen molar-refractivity contribution in [3.63, 3.8) is 0 Å². The second-order valence-electron chi connectivity index (χ2n) is 5.64. The first kappa shape index (κ1) is 14.1. The van der Waals surface area contributed by atoms with E-state index in [-0.39, 0.29) is 0 Å². The number of methoxy groups -OCH3 is 1. The molecule has 1 aliphatic heterocycles. The van der Waals surface area contributed by atoms with Crippen LogP contribution in [0, 0.1) is 5.92 Å². The maximum Gasteiger partial charge on any atom is 0.150 e. The number of carbonyl (C=O) groups excluding carboxylic acids is 1. The molecule has 1 heterocycles. The molecule has 0 bridgehead atoms. The van der Waals surface area contributed by atoms with E-state index in [2.05, 4.69) is 18.7 Å². The highest BCUT2D eigenvalue weighted by molar-refractivity contribution is 5.75. The molecular weight excluding hydrogens is 238 g/mol. The van der Waals surface area contributed by atoms with Crippen molar-refractivity contribution in [1.82, 2.24) is 4.90 Å². The molecule has 0 N–H and O–H groups in total. The highest BCUT2D eigenvalue weighted by Gasteiger charge is 2.23. The van der Waals surface area contributed by atoms with Gasteiger partial charge in [-0.15, -0.1) is 0 Å². The molecule has 0 radical (unpaired) electrons. The monoisotopic (exact) mass is 261 g/mol. The van der Waals surface area contributed by atoms with Crippen LogP contribution in [0.25, 0.3) is 0 Å². The van der Waals surface area contributed by atoms with Crippen molar-refractivity contribution in [3.8, 4) is 5.75 Å². The van der Waals surface area contributed by atoms with E-state index >= 15 is 0 Å². The molecule has 19 heavy (non-hydrogen) atoms. The molecule has 0 aliphatic carbocycles. The van der Waals surface area contributed by atoms with Gasteiger partial charge >= 0.3 is 0 Å². The summed E-state index contributed by atoms with van der Waals surface area (Å²) in [6.45, 7) is 6.59. The maximum absolute atomic E-state index is 10.9. The first-order chi connectivity index (χ1) is 9.13. The summed E-state index contributed by atoms with van der Waals surface area (Å²) in [6, 6.07) is 6.22. The fourth-order valence-corrected chi connectivity index (χ4v) is 2.90. The Balaban J connectivity index is 2.15. The van der Waals surface area contributed by atoms with E-state index in [1.165, 1.54) is 12.8 Å². The van der Waals surface area contributed by atoms with Crippen LogP contribution in [0.3, 0.4) is 0 Å². The van der Waals surface area contributed by atoms with Crippen LogP contribution < -0.4 is 4.74 Å². The number of likely N-dealkylation sites (tertiary alicyclic amines) is 1. The van der Waals surface area contributed by atoms with E-state index in [0.717, 1.165) is 36.6 Å². The van der Waals surface area contributed by atoms with Crippen molar-refractivity contribution >= 4 is 6.29 Å². The van der Waals surface area contributed by atoms with Crippen LogP contribution in [-0.2, 0) is 6.54 Å². The Hall–Kier alpha value is -1.35. The number of nitrogens with zero attached hydrogens (tertiary/aromatic N) is 1. The minimum Gasteiger partial charge on any atom is -0.496 e. The van der Waals surface area contributed by atoms with Crippen LogP contribution >= 0.6 is 0 Å². The minimum atomic E-state index is 0.591. The average Bonchev–Trinajstić information content (AvgIpc) is 2.41. The Morgan fingerprint density at radius 1 is 1.42 bits per heavy atom. The Labute approximate surface area is 115 Å². The van der Waals surface area contributed by atoms with Gasteiger partial charge in [-0.2, -0.15) is 0 Å². The largest absolute Gasteiger partial charge is 0.496 e. The lowest BCUT2D eigenvalue weighted by Crippen LogP contribution is -2.39. The lowest BCUT2D eigenvalue weighted by atomic mass is 9.93. The number of ether oxygens (including phenoxy) is 1. The van der Waals surface area contributed by atoms with Gasteiger partial charge in [0, 0.05) is 23.7 Å². The standard InChI is InChI=1S/C16H23NO2/c1-12-6-7-17(13(2)8-12)10-15-9-14(11-18)4-5-16(15)19-3/h4-5,9,11-13H,6-8,10H2,1-3H3.